The van der Waals surface area contributed by atoms with Crippen LogP contribution in [0.4, 0.5) is 0 Å². The van der Waals surface area contributed by atoms with E-state index in [0.717, 1.165) is 43.5 Å². The lowest BCUT2D eigenvalue weighted by Gasteiger charge is -2.52. The molecule has 0 radical (unpaired) electrons. The fourth-order valence-electron chi connectivity index (χ4n) is 7.50. The standard InChI is InChI=1S/C28H33N3O4/c1-27-12-10-20-21(9-4-17-14-24(32)25(35-3)15-22(17)20)23(27)11-13-28(27,33)26-16-31(30-29-26)18-5-7-19(34-2)8-6-18/h5-8,14-16,20-21,23,32-33H,4,9-13H2,1-3H3/t20-,21+,23-,27-,28+/m0/s1. The number of aromatic hydroxyl groups is 1. The third kappa shape index (κ3) is 3.20. The van der Waals surface area contributed by atoms with Crippen molar-refractivity contribution < 1.29 is 19.7 Å². The van der Waals surface area contributed by atoms with Crippen LogP contribution in [0.1, 0.15) is 61.8 Å². The first kappa shape index (κ1) is 22.4. The van der Waals surface area contributed by atoms with Crippen LogP contribution in [0.2, 0.25) is 0 Å². The van der Waals surface area contributed by atoms with Crippen molar-refractivity contribution in [2.45, 2.75) is 57.0 Å². The fourth-order valence-corrected chi connectivity index (χ4v) is 7.50. The van der Waals surface area contributed by atoms with Gasteiger partial charge in [0, 0.05) is 5.41 Å². The SMILES string of the molecule is COc1ccc(-n2cc([C@]3(O)CC[C@H]4[C@@H]5CCc6cc(O)c(OC)cc6[C@H]5CC[C@@]43C)nn2)cc1. The zero-order valence-electron chi connectivity index (χ0n) is 20.6. The molecule has 0 bridgehead atoms. The van der Waals surface area contributed by atoms with Gasteiger partial charge in [-0.25, -0.2) is 4.68 Å². The summed E-state index contributed by atoms with van der Waals surface area (Å²) < 4.78 is 12.4. The average Bonchev–Trinajstić information content (AvgIpc) is 3.47. The molecule has 2 saturated carbocycles. The molecule has 1 heterocycles. The van der Waals surface area contributed by atoms with E-state index in [4.69, 9.17) is 9.47 Å². The van der Waals surface area contributed by atoms with Gasteiger partial charge in [0.1, 0.15) is 17.0 Å². The van der Waals surface area contributed by atoms with Crippen LogP contribution in [0.15, 0.2) is 42.6 Å². The largest absolute Gasteiger partial charge is 0.504 e. The summed E-state index contributed by atoms with van der Waals surface area (Å²) >= 11 is 0. The molecule has 1 aromatic heterocycles. The Morgan fingerprint density at radius 1 is 1.03 bits per heavy atom. The Morgan fingerprint density at radius 2 is 1.83 bits per heavy atom. The van der Waals surface area contributed by atoms with Gasteiger partial charge in [-0.3, -0.25) is 0 Å². The second-order valence-electron chi connectivity index (χ2n) is 10.7. The number of fused-ring (bicyclic) bond motifs is 5. The van der Waals surface area contributed by atoms with E-state index in [1.807, 2.05) is 42.6 Å². The summed E-state index contributed by atoms with van der Waals surface area (Å²) in [5, 5.41) is 31.3. The van der Waals surface area contributed by atoms with Crippen molar-refractivity contribution in [1.29, 1.82) is 0 Å². The lowest BCUT2D eigenvalue weighted by molar-refractivity contribution is -0.111. The molecule has 35 heavy (non-hydrogen) atoms. The van der Waals surface area contributed by atoms with Crippen LogP contribution >= 0.6 is 0 Å². The number of aliphatic hydroxyl groups is 1. The lowest BCUT2D eigenvalue weighted by Crippen LogP contribution is -2.49. The van der Waals surface area contributed by atoms with E-state index in [1.54, 1.807) is 18.9 Å². The minimum absolute atomic E-state index is 0.223. The number of hydrogen-bond donors (Lipinski definition) is 2. The predicted octanol–water partition coefficient (Wildman–Crippen LogP) is 4.73. The Bertz CT molecular complexity index is 1260. The third-order valence-corrected chi connectivity index (χ3v) is 9.43. The Morgan fingerprint density at radius 3 is 2.57 bits per heavy atom. The van der Waals surface area contributed by atoms with E-state index in [1.165, 1.54) is 11.1 Å². The van der Waals surface area contributed by atoms with Gasteiger partial charge in [-0.1, -0.05) is 12.1 Å². The number of methoxy groups -OCH3 is 2. The molecule has 184 valence electrons. The number of aromatic nitrogens is 3. The highest BCUT2D eigenvalue weighted by Crippen LogP contribution is 2.67. The number of hydrogen-bond acceptors (Lipinski definition) is 6. The summed E-state index contributed by atoms with van der Waals surface area (Å²) in [5.41, 5.74) is 2.85. The van der Waals surface area contributed by atoms with Gasteiger partial charge < -0.3 is 19.7 Å². The first-order valence-electron chi connectivity index (χ1n) is 12.6. The minimum atomic E-state index is -1.000. The van der Waals surface area contributed by atoms with Crippen LogP contribution in [0.3, 0.4) is 0 Å². The Hall–Kier alpha value is -3.06. The van der Waals surface area contributed by atoms with Crippen LogP contribution < -0.4 is 9.47 Å². The molecule has 0 aliphatic heterocycles. The molecule has 2 fully saturated rings. The van der Waals surface area contributed by atoms with E-state index < -0.39 is 5.60 Å². The Kier molecular flexibility index (Phi) is 5.11. The van der Waals surface area contributed by atoms with Crippen LogP contribution in [0.5, 0.6) is 17.2 Å². The topological polar surface area (TPSA) is 89.6 Å². The van der Waals surface area contributed by atoms with Crippen LogP contribution in [0.25, 0.3) is 5.69 Å². The van der Waals surface area contributed by atoms with Gasteiger partial charge in [0.15, 0.2) is 11.5 Å². The maximum absolute atomic E-state index is 12.2. The number of aryl methyl sites for hydroxylation is 1. The average molecular weight is 476 g/mol. The number of phenolic OH excluding ortho intramolecular Hbond substituents is 1. The number of phenols is 1. The second-order valence-corrected chi connectivity index (χ2v) is 10.7. The molecule has 0 amide bonds. The zero-order chi connectivity index (χ0) is 24.4. The molecule has 3 aromatic rings. The molecule has 0 spiro atoms. The summed E-state index contributed by atoms with van der Waals surface area (Å²) in [4.78, 5) is 0. The summed E-state index contributed by atoms with van der Waals surface area (Å²) in [6, 6.07) is 11.6. The summed E-state index contributed by atoms with van der Waals surface area (Å²) in [5.74, 6) is 2.91. The molecule has 2 N–H and O–H groups in total. The molecule has 3 aliphatic carbocycles. The minimum Gasteiger partial charge on any atom is -0.504 e. The van der Waals surface area contributed by atoms with Gasteiger partial charge in [-0.05, 0) is 104 Å². The maximum atomic E-state index is 12.2. The molecule has 5 atom stereocenters. The van der Waals surface area contributed by atoms with E-state index in [9.17, 15) is 10.2 Å². The normalized spacial score (nSPS) is 31.4. The molecule has 2 aromatic carbocycles. The highest BCUT2D eigenvalue weighted by Gasteiger charge is 2.63. The molecular formula is C28H33N3O4. The van der Waals surface area contributed by atoms with E-state index in [-0.39, 0.29) is 11.2 Å². The van der Waals surface area contributed by atoms with Crippen molar-refractivity contribution in [3.05, 3.63) is 59.4 Å². The molecule has 3 aliphatic rings. The molecule has 7 heteroatoms. The predicted molar refractivity (Wildman–Crippen MR) is 131 cm³/mol. The van der Waals surface area contributed by atoms with Gasteiger partial charge in [-0.2, -0.15) is 0 Å². The lowest BCUT2D eigenvalue weighted by atomic mass is 9.53. The first-order chi connectivity index (χ1) is 16.9. The summed E-state index contributed by atoms with van der Waals surface area (Å²) in [6.07, 6.45) is 7.54. The monoisotopic (exact) mass is 475 g/mol. The number of nitrogens with zero attached hydrogens (tertiary/aromatic N) is 3. The van der Waals surface area contributed by atoms with E-state index in [0.29, 0.717) is 35.6 Å². The highest BCUT2D eigenvalue weighted by atomic mass is 16.5. The quantitative estimate of drug-likeness (QED) is 0.567. The van der Waals surface area contributed by atoms with Crippen molar-refractivity contribution in [1.82, 2.24) is 15.0 Å². The Labute approximate surface area is 205 Å². The smallest absolute Gasteiger partial charge is 0.160 e. The highest BCUT2D eigenvalue weighted by molar-refractivity contribution is 5.49. The van der Waals surface area contributed by atoms with Crippen molar-refractivity contribution >= 4 is 0 Å². The van der Waals surface area contributed by atoms with Crippen LogP contribution in [-0.4, -0.2) is 39.4 Å². The van der Waals surface area contributed by atoms with Gasteiger partial charge in [0.05, 0.1) is 26.1 Å². The molecule has 7 nitrogen and oxygen atoms in total. The van der Waals surface area contributed by atoms with Gasteiger partial charge in [0.25, 0.3) is 0 Å². The van der Waals surface area contributed by atoms with Crippen LogP contribution in [0, 0.1) is 17.3 Å². The van der Waals surface area contributed by atoms with Gasteiger partial charge in [-0.15, -0.1) is 5.10 Å². The van der Waals surface area contributed by atoms with Crippen LogP contribution in [-0.2, 0) is 12.0 Å². The molecular weight excluding hydrogens is 442 g/mol. The van der Waals surface area contributed by atoms with E-state index >= 15 is 0 Å². The summed E-state index contributed by atoms with van der Waals surface area (Å²) in [6.45, 7) is 2.26. The van der Waals surface area contributed by atoms with Crippen molar-refractivity contribution in [3.63, 3.8) is 0 Å². The molecule has 6 rings (SSSR count). The Balaban J connectivity index is 1.31. The number of rotatable bonds is 4. The molecule has 0 saturated heterocycles. The second kappa shape index (κ2) is 7.98. The third-order valence-electron chi connectivity index (χ3n) is 9.43. The van der Waals surface area contributed by atoms with Gasteiger partial charge in [0.2, 0.25) is 0 Å². The van der Waals surface area contributed by atoms with Gasteiger partial charge >= 0.3 is 0 Å². The van der Waals surface area contributed by atoms with E-state index in [2.05, 4.69) is 17.2 Å². The maximum Gasteiger partial charge on any atom is 0.160 e. The van der Waals surface area contributed by atoms with Crippen molar-refractivity contribution in [2.24, 2.45) is 17.3 Å². The number of ether oxygens (including phenoxy) is 2. The zero-order valence-corrected chi connectivity index (χ0v) is 20.6. The van der Waals surface area contributed by atoms with Crippen molar-refractivity contribution in [2.75, 3.05) is 14.2 Å². The fraction of sp³-hybridized carbons (Fsp3) is 0.500. The first-order valence-corrected chi connectivity index (χ1v) is 12.6. The number of benzene rings is 2. The summed E-state index contributed by atoms with van der Waals surface area (Å²) in [7, 11) is 3.26. The molecule has 0 unspecified atom stereocenters. The van der Waals surface area contributed by atoms with Crippen molar-refractivity contribution in [3.8, 4) is 22.9 Å².